The zero-order chi connectivity index (χ0) is 13.0. The molecule has 2 rings (SSSR count). The van der Waals surface area contributed by atoms with Crippen molar-refractivity contribution >= 4 is 17.4 Å². The molecule has 0 aromatic heterocycles. The molecule has 0 saturated carbocycles. The maximum atomic E-state index is 6.18. The predicted molar refractivity (Wildman–Crippen MR) is 79.7 cm³/mol. The summed E-state index contributed by atoms with van der Waals surface area (Å²) < 4.78 is 0. The lowest BCUT2D eigenvalue weighted by Gasteiger charge is -2.13. The molecule has 0 aliphatic carbocycles. The van der Waals surface area contributed by atoms with E-state index in [1.54, 1.807) is 11.8 Å². The molecule has 3 heteroatoms. The quantitative estimate of drug-likeness (QED) is 0.653. The van der Waals surface area contributed by atoms with Gasteiger partial charge in [-0.3, -0.25) is 0 Å². The highest BCUT2D eigenvalue weighted by Gasteiger charge is 2.07. The van der Waals surface area contributed by atoms with Crippen molar-refractivity contribution < 1.29 is 0 Å². The summed E-state index contributed by atoms with van der Waals surface area (Å²) in [5.41, 5.74) is 15.2. The molecule has 2 nitrogen and oxygen atoms in total. The lowest BCUT2D eigenvalue weighted by molar-refractivity contribution is 0.831. The van der Waals surface area contributed by atoms with E-state index in [1.807, 2.05) is 36.4 Å². The Morgan fingerprint density at radius 2 is 1.83 bits per heavy atom. The highest BCUT2D eigenvalue weighted by molar-refractivity contribution is 7.99. The first-order chi connectivity index (χ1) is 8.66. The first-order valence-electron chi connectivity index (χ1n) is 5.96. The summed E-state index contributed by atoms with van der Waals surface area (Å²) in [6, 6.07) is 16.2. The summed E-state index contributed by atoms with van der Waals surface area (Å²) in [4.78, 5) is 1.21. The monoisotopic (exact) mass is 258 g/mol. The third-order valence-electron chi connectivity index (χ3n) is 2.86. The van der Waals surface area contributed by atoms with E-state index in [0.29, 0.717) is 0 Å². The van der Waals surface area contributed by atoms with E-state index in [9.17, 15) is 0 Å². The van der Waals surface area contributed by atoms with Crippen LogP contribution >= 0.6 is 11.8 Å². The van der Waals surface area contributed by atoms with E-state index in [-0.39, 0.29) is 6.04 Å². The minimum absolute atomic E-state index is 0.0528. The van der Waals surface area contributed by atoms with Crippen LogP contribution in [0.1, 0.15) is 17.2 Å². The third kappa shape index (κ3) is 3.28. The second kappa shape index (κ2) is 5.94. The van der Waals surface area contributed by atoms with E-state index >= 15 is 0 Å². The molecule has 1 unspecified atom stereocenters. The number of hydrogen-bond donors (Lipinski definition) is 2. The van der Waals surface area contributed by atoms with Gasteiger partial charge in [0.25, 0.3) is 0 Å². The lowest BCUT2D eigenvalue weighted by atomic mass is 10.1. The summed E-state index contributed by atoms with van der Waals surface area (Å²) in [7, 11) is 0. The van der Waals surface area contributed by atoms with Gasteiger partial charge in [0.2, 0.25) is 0 Å². The Balaban J connectivity index is 2.01. The van der Waals surface area contributed by atoms with E-state index < -0.39 is 0 Å². The molecule has 0 amide bonds. The highest BCUT2D eigenvalue weighted by Crippen LogP contribution is 2.27. The van der Waals surface area contributed by atoms with Gasteiger partial charge in [-0.05, 0) is 30.2 Å². The van der Waals surface area contributed by atoms with Crippen molar-refractivity contribution in [1.82, 2.24) is 0 Å². The number of anilines is 1. The second-order valence-electron chi connectivity index (χ2n) is 4.35. The van der Waals surface area contributed by atoms with Crippen molar-refractivity contribution in [2.24, 2.45) is 5.73 Å². The number of benzene rings is 2. The summed E-state index contributed by atoms with van der Waals surface area (Å²) in [6.45, 7) is 2.09. The fraction of sp³-hybridized carbons (Fsp3) is 0.200. The zero-order valence-corrected chi connectivity index (χ0v) is 11.3. The van der Waals surface area contributed by atoms with Crippen LogP contribution < -0.4 is 11.5 Å². The van der Waals surface area contributed by atoms with Gasteiger partial charge in [0.1, 0.15) is 0 Å². The molecule has 2 aromatic rings. The summed E-state index contributed by atoms with van der Waals surface area (Å²) in [5.74, 6) is 0.855. The second-order valence-corrected chi connectivity index (χ2v) is 5.41. The molecule has 0 saturated heterocycles. The highest BCUT2D eigenvalue weighted by atomic mass is 32.2. The van der Waals surface area contributed by atoms with E-state index in [4.69, 9.17) is 11.5 Å². The van der Waals surface area contributed by atoms with Crippen molar-refractivity contribution in [3.8, 4) is 0 Å². The Labute approximate surface area is 112 Å². The number of hydrogen-bond acceptors (Lipinski definition) is 3. The largest absolute Gasteiger partial charge is 0.399 e. The number of thioether (sulfide) groups is 1. The van der Waals surface area contributed by atoms with Crippen LogP contribution in [0.15, 0.2) is 53.4 Å². The van der Waals surface area contributed by atoms with Crippen LogP contribution in [0.2, 0.25) is 0 Å². The molecular formula is C15H18N2S. The summed E-state index contributed by atoms with van der Waals surface area (Å²) in [6.07, 6.45) is 0. The molecule has 4 N–H and O–H groups in total. The SMILES string of the molecule is Cc1ccc(N)cc1SCC(N)c1ccccc1. The predicted octanol–water partition coefficient (Wildman–Crippen LogP) is 3.37. The van der Waals surface area contributed by atoms with Gasteiger partial charge >= 0.3 is 0 Å². The molecule has 0 aliphatic heterocycles. The van der Waals surface area contributed by atoms with Gasteiger partial charge in [-0.2, -0.15) is 0 Å². The molecule has 94 valence electrons. The normalized spacial score (nSPS) is 12.3. The molecule has 0 aliphatic rings. The Hall–Kier alpha value is -1.45. The van der Waals surface area contributed by atoms with Crippen LogP contribution in [0, 0.1) is 6.92 Å². The van der Waals surface area contributed by atoms with Gasteiger partial charge in [0.05, 0.1) is 0 Å². The van der Waals surface area contributed by atoms with Crippen LogP contribution in [0.5, 0.6) is 0 Å². The zero-order valence-electron chi connectivity index (χ0n) is 10.5. The van der Waals surface area contributed by atoms with Crippen LogP contribution in [0.4, 0.5) is 5.69 Å². The van der Waals surface area contributed by atoms with Gasteiger partial charge in [-0.25, -0.2) is 0 Å². The molecular weight excluding hydrogens is 240 g/mol. The van der Waals surface area contributed by atoms with Gasteiger partial charge < -0.3 is 11.5 Å². The number of nitrogen functional groups attached to an aromatic ring is 1. The third-order valence-corrected chi connectivity index (χ3v) is 4.13. The van der Waals surface area contributed by atoms with Gasteiger partial charge in [0, 0.05) is 22.4 Å². The summed E-state index contributed by atoms with van der Waals surface area (Å²) in [5, 5.41) is 0. The average molecular weight is 258 g/mol. The number of nitrogens with two attached hydrogens (primary N) is 2. The van der Waals surface area contributed by atoms with Gasteiger partial charge in [-0.15, -0.1) is 11.8 Å². The van der Waals surface area contributed by atoms with E-state index in [2.05, 4.69) is 19.1 Å². The maximum absolute atomic E-state index is 6.18. The smallest absolute Gasteiger partial charge is 0.0390 e. The molecule has 0 fully saturated rings. The van der Waals surface area contributed by atoms with Crippen LogP contribution in [0.3, 0.4) is 0 Å². The molecule has 0 bridgehead atoms. The topological polar surface area (TPSA) is 52.0 Å². The maximum Gasteiger partial charge on any atom is 0.0390 e. The first-order valence-corrected chi connectivity index (χ1v) is 6.95. The Morgan fingerprint density at radius 3 is 2.56 bits per heavy atom. The number of aryl methyl sites for hydroxylation is 1. The van der Waals surface area contributed by atoms with Crippen molar-refractivity contribution in [2.75, 3.05) is 11.5 Å². The van der Waals surface area contributed by atoms with Crippen molar-refractivity contribution in [3.05, 3.63) is 59.7 Å². The molecule has 0 radical (unpaired) electrons. The molecule has 18 heavy (non-hydrogen) atoms. The first kappa shape index (κ1) is 13.0. The average Bonchev–Trinajstić information content (AvgIpc) is 2.40. The van der Waals surface area contributed by atoms with Crippen LogP contribution in [-0.4, -0.2) is 5.75 Å². The number of rotatable bonds is 4. The van der Waals surface area contributed by atoms with E-state index in [0.717, 1.165) is 11.4 Å². The van der Waals surface area contributed by atoms with Crippen molar-refractivity contribution in [3.63, 3.8) is 0 Å². The minimum Gasteiger partial charge on any atom is -0.399 e. The summed E-state index contributed by atoms with van der Waals surface area (Å²) >= 11 is 1.76. The fourth-order valence-electron chi connectivity index (χ4n) is 1.75. The van der Waals surface area contributed by atoms with E-state index in [1.165, 1.54) is 16.0 Å². The fourth-order valence-corrected chi connectivity index (χ4v) is 2.81. The van der Waals surface area contributed by atoms with Gasteiger partial charge in [-0.1, -0.05) is 36.4 Å². The van der Waals surface area contributed by atoms with Crippen LogP contribution in [0.25, 0.3) is 0 Å². The molecule has 0 heterocycles. The Kier molecular flexibility index (Phi) is 4.28. The minimum atomic E-state index is 0.0528. The molecule has 2 aromatic carbocycles. The molecule has 1 atom stereocenters. The standard InChI is InChI=1S/C15H18N2S/c1-11-7-8-13(16)9-15(11)18-10-14(17)12-5-3-2-4-6-12/h2-9,14H,10,16-17H2,1H3. The van der Waals surface area contributed by atoms with Gasteiger partial charge in [0.15, 0.2) is 0 Å². The van der Waals surface area contributed by atoms with Crippen molar-refractivity contribution in [2.45, 2.75) is 17.9 Å². The van der Waals surface area contributed by atoms with Crippen LogP contribution in [-0.2, 0) is 0 Å². The Bertz CT molecular complexity index is 511. The molecule has 0 spiro atoms. The lowest BCUT2D eigenvalue weighted by Crippen LogP contribution is -2.12. The Morgan fingerprint density at radius 1 is 1.11 bits per heavy atom. The van der Waals surface area contributed by atoms with Crippen molar-refractivity contribution in [1.29, 1.82) is 0 Å².